The van der Waals surface area contributed by atoms with Gasteiger partial charge >= 0.3 is 5.97 Å². The number of ketones is 1. The molecular weight excluding hydrogens is 168 g/mol. The van der Waals surface area contributed by atoms with Gasteiger partial charge in [0.25, 0.3) is 0 Å². The Hall–Kier alpha value is -1.12. The molecule has 72 valence electrons. The number of carbonyl (C=O) groups excluding carboxylic acids is 2. The van der Waals surface area contributed by atoms with Crippen molar-refractivity contribution < 1.29 is 14.3 Å². The molecule has 1 aliphatic rings. The van der Waals surface area contributed by atoms with Crippen molar-refractivity contribution in [2.45, 2.75) is 32.6 Å². The van der Waals surface area contributed by atoms with Crippen LogP contribution in [0.5, 0.6) is 0 Å². The summed E-state index contributed by atoms with van der Waals surface area (Å²) in [7, 11) is 0. The van der Waals surface area contributed by atoms with Crippen LogP contribution in [0.3, 0.4) is 0 Å². The second kappa shape index (κ2) is 4.80. The molecule has 0 bridgehead atoms. The van der Waals surface area contributed by atoms with Crippen LogP contribution >= 0.6 is 0 Å². The summed E-state index contributed by atoms with van der Waals surface area (Å²) in [5, 5.41) is 0. The average Bonchev–Trinajstić information content (AvgIpc) is 2.10. The Morgan fingerprint density at radius 3 is 2.77 bits per heavy atom. The summed E-state index contributed by atoms with van der Waals surface area (Å²) >= 11 is 0. The summed E-state index contributed by atoms with van der Waals surface area (Å²) in [6, 6.07) is 0. The van der Waals surface area contributed by atoms with Crippen molar-refractivity contribution in [2.24, 2.45) is 5.92 Å². The van der Waals surface area contributed by atoms with E-state index in [0.29, 0.717) is 6.42 Å². The first-order valence-electron chi connectivity index (χ1n) is 4.66. The van der Waals surface area contributed by atoms with Gasteiger partial charge in [-0.1, -0.05) is 26.2 Å². The predicted molar refractivity (Wildman–Crippen MR) is 47.9 cm³/mol. The fraction of sp³-hybridized carbons (Fsp3) is 0.600. The van der Waals surface area contributed by atoms with E-state index < -0.39 is 11.9 Å². The number of allylic oxidation sites excluding steroid dienone is 1. The minimum Gasteiger partial charge on any atom is -0.434 e. The maximum absolute atomic E-state index is 11.2. The molecule has 0 N–H and O–H groups in total. The standard InChI is InChI=1S/C10H14O3/c1-2-3-4-5-8-9(11)6-7-13-10(8)12/h6-8H,2-5H2,1H3. The zero-order valence-electron chi connectivity index (χ0n) is 7.79. The van der Waals surface area contributed by atoms with E-state index in [1.54, 1.807) is 0 Å². The molecular formula is C10H14O3. The third kappa shape index (κ3) is 2.68. The first-order chi connectivity index (χ1) is 6.25. The lowest BCUT2D eigenvalue weighted by molar-refractivity contribution is -0.148. The minimum atomic E-state index is -0.545. The summed E-state index contributed by atoms with van der Waals surface area (Å²) in [6.45, 7) is 2.08. The highest BCUT2D eigenvalue weighted by Gasteiger charge is 2.28. The number of carbonyl (C=O) groups is 2. The maximum Gasteiger partial charge on any atom is 0.321 e. The van der Waals surface area contributed by atoms with Crippen LogP contribution in [0.2, 0.25) is 0 Å². The van der Waals surface area contributed by atoms with E-state index in [1.165, 1.54) is 12.3 Å². The monoisotopic (exact) mass is 182 g/mol. The first kappa shape index (κ1) is 9.96. The van der Waals surface area contributed by atoms with Gasteiger partial charge in [-0.05, 0) is 6.42 Å². The van der Waals surface area contributed by atoms with Gasteiger partial charge in [0.2, 0.25) is 0 Å². The Balaban J connectivity index is 2.42. The first-order valence-corrected chi connectivity index (χ1v) is 4.66. The summed E-state index contributed by atoms with van der Waals surface area (Å²) in [5.41, 5.74) is 0. The summed E-state index contributed by atoms with van der Waals surface area (Å²) in [5.74, 6) is -1.06. The molecule has 0 aromatic heterocycles. The highest BCUT2D eigenvalue weighted by Crippen LogP contribution is 2.16. The van der Waals surface area contributed by atoms with Crippen LogP contribution in [0.25, 0.3) is 0 Å². The molecule has 0 aromatic rings. The molecule has 1 heterocycles. The molecule has 3 nitrogen and oxygen atoms in total. The SMILES string of the molecule is CCCCCC1C(=O)C=COC1=O. The Kier molecular flexibility index (Phi) is 3.68. The molecule has 1 atom stereocenters. The molecule has 0 amide bonds. The minimum absolute atomic E-state index is 0.118. The average molecular weight is 182 g/mol. The van der Waals surface area contributed by atoms with Gasteiger partial charge in [-0.25, -0.2) is 0 Å². The number of rotatable bonds is 4. The number of esters is 1. The Labute approximate surface area is 77.8 Å². The van der Waals surface area contributed by atoms with E-state index >= 15 is 0 Å². The van der Waals surface area contributed by atoms with Crippen LogP contribution in [0.4, 0.5) is 0 Å². The van der Waals surface area contributed by atoms with Gasteiger partial charge in [0.15, 0.2) is 5.78 Å². The summed E-state index contributed by atoms with van der Waals surface area (Å²) < 4.78 is 4.65. The maximum atomic E-state index is 11.2. The van der Waals surface area contributed by atoms with Crippen molar-refractivity contribution >= 4 is 11.8 Å². The van der Waals surface area contributed by atoms with Crippen LogP contribution in [0.1, 0.15) is 32.6 Å². The van der Waals surface area contributed by atoms with Gasteiger partial charge in [-0.15, -0.1) is 0 Å². The van der Waals surface area contributed by atoms with E-state index in [4.69, 9.17) is 0 Å². The van der Waals surface area contributed by atoms with Crippen LogP contribution < -0.4 is 0 Å². The van der Waals surface area contributed by atoms with Crippen molar-refractivity contribution in [3.8, 4) is 0 Å². The number of cyclic esters (lactones) is 1. The molecule has 1 aliphatic heterocycles. The van der Waals surface area contributed by atoms with Gasteiger partial charge in [0, 0.05) is 6.08 Å². The van der Waals surface area contributed by atoms with Gasteiger partial charge in [-0.2, -0.15) is 0 Å². The molecule has 3 heteroatoms. The van der Waals surface area contributed by atoms with Crippen molar-refractivity contribution in [1.29, 1.82) is 0 Å². The molecule has 0 saturated carbocycles. The second-order valence-corrected chi connectivity index (χ2v) is 3.19. The smallest absolute Gasteiger partial charge is 0.321 e. The second-order valence-electron chi connectivity index (χ2n) is 3.19. The lowest BCUT2D eigenvalue weighted by Crippen LogP contribution is -2.26. The van der Waals surface area contributed by atoms with E-state index in [1.807, 2.05) is 0 Å². The number of hydrogen-bond donors (Lipinski definition) is 0. The summed E-state index contributed by atoms with van der Waals surface area (Å²) in [6.07, 6.45) is 6.18. The largest absolute Gasteiger partial charge is 0.434 e. The van der Waals surface area contributed by atoms with E-state index in [-0.39, 0.29) is 5.78 Å². The third-order valence-corrected chi connectivity index (χ3v) is 2.14. The quantitative estimate of drug-likeness (QED) is 0.378. The van der Waals surface area contributed by atoms with Crippen LogP contribution in [0, 0.1) is 5.92 Å². The number of ether oxygens (including phenoxy) is 1. The molecule has 0 fully saturated rings. The Morgan fingerprint density at radius 2 is 2.15 bits per heavy atom. The Morgan fingerprint density at radius 1 is 1.38 bits per heavy atom. The van der Waals surface area contributed by atoms with Gasteiger partial charge in [-0.3, -0.25) is 9.59 Å². The normalized spacial score (nSPS) is 21.8. The lowest BCUT2D eigenvalue weighted by atomic mass is 9.96. The van der Waals surface area contributed by atoms with Crippen molar-refractivity contribution in [3.63, 3.8) is 0 Å². The highest BCUT2D eigenvalue weighted by atomic mass is 16.5. The van der Waals surface area contributed by atoms with Crippen LogP contribution in [-0.4, -0.2) is 11.8 Å². The number of hydrogen-bond acceptors (Lipinski definition) is 3. The molecule has 0 aliphatic carbocycles. The van der Waals surface area contributed by atoms with Crippen molar-refractivity contribution in [3.05, 3.63) is 12.3 Å². The van der Waals surface area contributed by atoms with E-state index in [2.05, 4.69) is 11.7 Å². The van der Waals surface area contributed by atoms with Crippen LogP contribution in [-0.2, 0) is 14.3 Å². The molecule has 1 rings (SSSR count). The van der Waals surface area contributed by atoms with Gasteiger partial charge < -0.3 is 4.74 Å². The lowest BCUT2D eigenvalue weighted by Gasteiger charge is -2.14. The molecule has 0 radical (unpaired) electrons. The van der Waals surface area contributed by atoms with Crippen molar-refractivity contribution in [1.82, 2.24) is 0 Å². The molecule has 0 spiro atoms. The third-order valence-electron chi connectivity index (χ3n) is 2.14. The summed E-state index contributed by atoms with van der Waals surface area (Å²) in [4.78, 5) is 22.3. The number of unbranched alkanes of at least 4 members (excludes halogenated alkanes) is 2. The van der Waals surface area contributed by atoms with Gasteiger partial charge in [0.1, 0.15) is 5.92 Å². The highest BCUT2D eigenvalue weighted by molar-refractivity contribution is 6.06. The molecule has 1 unspecified atom stereocenters. The fourth-order valence-electron chi connectivity index (χ4n) is 1.34. The molecule has 0 saturated heterocycles. The van der Waals surface area contributed by atoms with Crippen LogP contribution in [0.15, 0.2) is 12.3 Å². The zero-order chi connectivity index (χ0) is 9.68. The fourth-order valence-corrected chi connectivity index (χ4v) is 1.34. The molecule has 13 heavy (non-hydrogen) atoms. The zero-order valence-corrected chi connectivity index (χ0v) is 7.79. The van der Waals surface area contributed by atoms with E-state index in [9.17, 15) is 9.59 Å². The van der Waals surface area contributed by atoms with E-state index in [0.717, 1.165) is 19.3 Å². The van der Waals surface area contributed by atoms with Gasteiger partial charge in [0.05, 0.1) is 6.26 Å². The molecule has 0 aromatic carbocycles. The topological polar surface area (TPSA) is 43.4 Å². The Bertz CT molecular complexity index is 230. The predicted octanol–water partition coefficient (Wildman–Crippen LogP) is 1.82. The van der Waals surface area contributed by atoms with Crippen molar-refractivity contribution in [2.75, 3.05) is 0 Å².